The first-order valence-electron chi connectivity index (χ1n) is 5.26. The highest BCUT2D eigenvalue weighted by Gasteiger charge is 2.43. The van der Waals surface area contributed by atoms with Crippen LogP contribution in [0.3, 0.4) is 0 Å². The van der Waals surface area contributed by atoms with E-state index >= 15 is 0 Å². The molecule has 0 unspecified atom stereocenters. The highest BCUT2D eigenvalue weighted by atomic mass is 79.9. The molecule has 4 atom stereocenters. The fourth-order valence-corrected chi connectivity index (χ4v) is 2.05. The number of aliphatic hydroxyl groups is 3. The van der Waals surface area contributed by atoms with Gasteiger partial charge in [0.05, 0.1) is 12.8 Å². The molecule has 10 heteroatoms. The summed E-state index contributed by atoms with van der Waals surface area (Å²) in [5.74, 6) is -0.225. The molecule has 1 aromatic rings. The Bertz CT molecular complexity index is 570. The summed E-state index contributed by atoms with van der Waals surface area (Å²) < 4.78 is 10.6. The number of aliphatic hydroxyl groups excluding tert-OH is 3. The van der Waals surface area contributed by atoms with E-state index in [-0.39, 0.29) is 5.75 Å². The van der Waals surface area contributed by atoms with Crippen molar-refractivity contribution in [2.75, 3.05) is 6.61 Å². The normalized spacial score (nSPS) is 30.5. The SMILES string of the molecule is O=c1[nH]c(=O)n([C@@H]2O[C@H](CO)[C@@H](O)[C@H]2O)cc1OBr. The average molecular weight is 339 g/mol. The third-order valence-corrected chi connectivity index (χ3v) is 3.16. The Morgan fingerprint density at radius 1 is 1.42 bits per heavy atom. The van der Waals surface area contributed by atoms with Crippen molar-refractivity contribution < 1.29 is 23.9 Å². The van der Waals surface area contributed by atoms with Crippen LogP contribution < -0.4 is 15.1 Å². The summed E-state index contributed by atoms with van der Waals surface area (Å²) in [6.07, 6.45) is -4.01. The lowest BCUT2D eigenvalue weighted by Gasteiger charge is -2.17. The Morgan fingerprint density at radius 3 is 2.63 bits per heavy atom. The highest BCUT2D eigenvalue weighted by Crippen LogP contribution is 2.28. The maximum absolute atomic E-state index is 11.6. The van der Waals surface area contributed by atoms with Crippen LogP contribution in [0.15, 0.2) is 15.8 Å². The van der Waals surface area contributed by atoms with Crippen LogP contribution in [0, 0.1) is 0 Å². The van der Waals surface area contributed by atoms with Crippen LogP contribution in [0.2, 0.25) is 0 Å². The number of hydrogen-bond acceptors (Lipinski definition) is 7. The molecule has 0 saturated carbocycles. The zero-order valence-corrected chi connectivity index (χ0v) is 11.0. The van der Waals surface area contributed by atoms with Gasteiger partial charge in [-0.05, 0) is 0 Å². The number of halogens is 1. The molecule has 0 radical (unpaired) electrons. The maximum Gasteiger partial charge on any atom is 0.330 e. The van der Waals surface area contributed by atoms with Gasteiger partial charge in [0.1, 0.15) is 18.3 Å². The van der Waals surface area contributed by atoms with Crippen LogP contribution >= 0.6 is 16.3 Å². The van der Waals surface area contributed by atoms with Crippen molar-refractivity contribution in [3.63, 3.8) is 0 Å². The van der Waals surface area contributed by atoms with E-state index in [1.54, 1.807) is 0 Å². The number of H-pyrrole nitrogens is 1. The molecule has 0 aliphatic carbocycles. The molecular weight excluding hydrogens is 328 g/mol. The van der Waals surface area contributed by atoms with Crippen LogP contribution in [0.1, 0.15) is 6.23 Å². The Balaban J connectivity index is 2.43. The Morgan fingerprint density at radius 2 is 2.11 bits per heavy atom. The summed E-state index contributed by atoms with van der Waals surface area (Å²) in [7, 11) is 0. The van der Waals surface area contributed by atoms with Gasteiger partial charge in [0, 0.05) is 0 Å². The molecule has 9 nitrogen and oxygen atoms in total. The Kier molecular flexibility index (Phi) is 4.06. The number of hydrogen-bond donors (Lipinski definition) is 4. The maximum atomic E-state index is 11.6. The van der Waals surface area contributed by atoms with E-state index in [0.29, 0.717) is 0 Å². The van der Waals surface area contributed by atoms with Gasteiger partial charge in [0.2, 0.25) is 5.75 Å². The van der Waals surface area contributed by atoms with Crippen molar-refractivity contribution >= 4 is 16.3 Å². The molecule has 19 heavy (non-hydrogen) atoms. The average Bonchev–Trinajstić information content (AvgIpc) is 2.67. The smallest absolute Gasteiger partial charge is 0.330 e. The molecule has 106 valence electrons. The second-order valence-electron chi connectivity index (χ2n) is 3.97. The summed E-state index contributed by atoms with van der Waals surface area (Å²) in [6, 6.07) is 0. The lowest BCUT2D eigenvalue weighted by molar-refractivity contribution is -0.0551. The van der Waals surface area contributed by atoms with E-state index in [2.05, 4.69) is 20.1 Å². The largest absolute Gasteiger partial charge is 0.410 e. The van der Waals surface area contributed by atoms with E-state index in [1.807, 2.05) is 4.98 Å². The summed E-state index contributed by atoms with van der Waals surface area (Å²) >= 11 is 2.60. The lowest BCUT2D eigenvalue weighted by atomic mass is 10.1. The fourth-order valence-electron chi connectivity index (χ4n) is 1.82. The number of nitrogens with zero attached hydrogens (tertiary/aromatic N) is 1. The monoisotopic (exact) mass is 338 g/mol. The van der Waals surface area contributed by atoms with Crippen molar-refractivity contribution in [1.82, 2.24) is 9.55 Å². The van der Waals surface area contributed by atoms with E-state index < -0.39 is 42.4 Å². The van der Waals surface area contributed by atoms with Crippen molar-refractivity contribution in [2.24, 2.45) is 0 Å². The fraction of sp³-hybridized carbons (Fsp3) is 0.556. The van der Waals surface area contributed by atoms with Crippen molar-refractivity contribution in [3.8, 4) is 5.75 Å². The van der Waals surface area contributed by atoms with Gasteiger partial charge in [-0.25, -0.2) is 4.79 Å². The van der Waals surface area contributed by atoms with E-state index in [4.69, 9.17) is 9.84 Å². The van der Waals surface area contributed by atoms with Gasteiger partial charge in [-0.3, -0.25) is 14.3 Å². The third-order valence-electron chi connectivity index (χ3n) is 2.81. The lowest BCUT2D eigenvalue weighted by Crippen LogP contribution is -2.38. The molecule has 1 fully saturated rings. The minimum absolute atomic E-state index is 0.225. The van der Waals surface area contributed by atoms with E-state index in [0.717, 1.165) is 10.8 Å². The predicted molar refractivity (Wildman–Crippen MR) is 63.9 cm³/mol. The van der Waals surface area contributed by atoms with Gasteiger partial charge in [-0.15, -0.1) is 0 Å². The first-order valence-corrected chi connectivity index (χ1v) is 5.91. The van der Waals surface area contributed by atoms with Crippen LogP contribution in [0.4, 0.5) is 0 Å². The first-order chi connectivity index (χ1) is 8.99. The molecule has 0 bridgehead atoms. The number of aromatic nitrogens is 2. The quantitative estimate of drug-likeness (QED) is 0.493. The number of aromatic amines is 1. The number of rotatable bonds is 3. The summed E-state index contributed by atoms with van der Waals surface area (Å²) in [4.78, 5) is 24.9. The van der Waals surface area contributed by atoms with Crippen molar-refractivity contribution in [1.29, 1.82) is 0 Å². The third kappa shape index (κ3) is 2.44. The predicted octanol–water partition coefficient (Wildman–Crippen LogP) is -2.16. The van der Waals surface area contributed by atoms with Crippen LogP contribution in [0.5, 0.6) is 5.75 Å². The van der Waals surface area contributed by atoms with Crippen molar-refractivity contribution in [2.45, 2.75) is 24.5 Å². The topological polar surface area (TPSA) is 134 Å². The molecular formula is C9H11BrN2O7. The number of ether oxygens (including phenoxy) is 1. The van der Waals surface area contributed by atoms with Gasteiger partial charge in [0.25, 0.3) is 5.56 Å². The zero-order valence-electron chi connectivity index (χ0n) is 9.39. The molecule has 0 spiro atoms. The second kappa shape index (κ2) is 5.43. The van der Waals surface area contributed by atoms with Gasteiger partial charge in [0.15, 0.2) is 22.5 Å². The van der Waals surface area contributed by atoms with Crippen LogP contribution in [-0.2, 0) is 4.74 Å². The van der Waals surface area contributed by atoms with E-state index in [9.17, 15) is 19.8 Å². The summed E-state index contributed by atoms with van der Waals surface area (Å²) in [6.45, 7) is -0.519. The standard InChI is InChI=1S/C9H11BrN2O7/c10-19-3-1-12(9(17)11-7(3)16)8-6(15)5(14)4(2-13)18-8/h1,4-6,8,13-15H,2H2,(H,11,16,17)/t4-,5-,6-,8-/m1/s1. The molecule has 0 amide bonds. The molecule has 1 aliphatic heterocycles. The summed E-state index contributed by atoms with van der Waals surface area (Å²) in [5, 5.41) is 28.3. The Labute approximate surface area is 114 Å². The minimum atomic E-state index is -1.43. The molecule has 1 aliphatic rings. The zero-order chi connectivity index (χ0) is 14.2. The van der Waals surface area contributed by atoms with Gasteiger partial charge in [-0.1, -0.05) is 0 Å². The molecule has 0 aromatic carbocycles. The Hall–Kier alpha value is -1.20. The highest BCUT2D eigenvalue weighted by molar-refractivity contribution is 9.06. The van der Waals surface area contributed by atoms with E-state index in [1.165, 1.54) is 0 Å². The van der Waals surface area contributed by atoms with Crippen LogP contribution in [-0.4, -0.2) is 49.8 Å². The van der Waals surface area contributed by atoms with Crippen molar-refractivity contribution in [3.05, 3.63) is 27.0 Å². The molecule has 1 saturated heterocycles. The van der Waals surface area contributed by atoms with Gasteiger partial charge < -0.3 is 23.9 Å². The molecule has 1 aromatic heterocycles. The molecule has 4 N–H and O–H groups in total. The van der Waals surface area contributed by atoms with Gasteiger partial charge >= 0.3 is 5.69 Å². The van der Waals surface area contributed by atoms with Gasteiger partial charge in [-0.2, -0.15) is 0 Å². The molecule has 2 rings (SSSR count). The minimum Gasteiger partial charge on any atom is -0.410 e. The van der Waals surface area contributed by atoms with Crippen LogP contribution in [0.25, 0.3) is 0 Å². The summed E-state index contributed by atoms with van der Waals surface area (Å²) in [5.41, 5.74) is -1.60. The second-order valence-corrected chi connectivity index (χ2v) is 4.29. The number of nitrogens with one attached hydrogen (secondary N) is 1. The first kappa shape index (κ1) is 14.2. The molecule has 2 heterocycles.